The zero-order chi connectivity index (χ0) is 29.4. The van der Waals surface area contributed by atoms with Crippen LogP contribution in [0.5, 0.6) is 5.75 Å². The molecule has 0 fully saturated rings. The topological polar surface area (TPSA) is 93.3 Å². The van der Waals surface area contributed by atoms with Crippen LogP contribution in [-0.4, -0.2) is 36.6 Å². The molecule has 0 aliphatic heterocycles. The average molecular weight is 564 g/mol. The number of hydrogen-bond donors (Lipinski definition) is 1. The summed E-state index contributed by atoms with van der Waals surface area (Å²) in [6.07, 6.45) is -5.24. The van der Waals surface area contributed by atoms with Gasteiger partial charge in [-0.15, -0.1) is 0 Å². The Morgan fingerprint density at radius 2 is 1.71 bits per heavy atom. The second-order valence-electron chi connectivity index (χ2n) is 9.29. The molecule has 1 N–H and O–H groups in total. The highest BCUT2D eigenvalue weighted by molar-refractivity contribution is 5.99. The van der Waals surface area contributed by atoms with Gasteiger partial charge in [-0.25, -0.2) is 4.79 Å². The molecule has 4 rings (SSSR count). The molecule has 41 heavy (non-hydrogen) atoms. The highest BCUT2D eigenvalue weighted by Gasteiger charge is 2.42. The number of hydrogen-bond acceptors (Lipinski definition) is 6. The number of carbonyl (C=O) groups is 1. The molecule has 212 valence electrons. The van der Waals surface area contributed by atoms with Crippen molar-refractivity contribution in [2.45, 2.75) is 38.2 Å². The quantitative estimate of drug-likeness (QED) is 0.189. The molecule has 0 aliphatic carbocycles. The van der Waals surface area contributed by atoms with Crippen LogP contribution in [0.25, 0.3) is 21.9 Å². The first-order valence-corrected chi connectivity index (χ1v) is 13.0. The number of rotatable bonds is 11. The summed E-state index contributed by atoms with van der Waals surface area (Å²) < 4.78 is 50.2. The fraction of sp³-hybridized carbons (Fsp3) is 0.258. The summed E-state index contributed by atoms with van der Waals surface area (Å²) in [5, 5.41) is 13.9. The van der Waals surface area contributed by atoms with Gasteiger partial charge in [-0.1, -0.05) is 60.7 Å². The third-order valence-electron chi connectivity index (χ3n) is 6.61. The SMILES string of the molecule is COc1ccc2c(=O)n(CCNC(CCCc3ccccc3)OC(=O)C(F)(F)F)c(C#N)c(-c3ccccc3)c2c1. The molecule has 0 saturated carbocycles. The Morgan fingerprint density at radius 3 is 2.34 bits per heavy atom. The maximum atomic E-state index is 13.5. The third kappa shape index (κ3) is 7.13. The van der Waals surface area contributed by atoms with Crippen molar-refractivity contribution in [2.75, 3.05) is 13.7 Å². The zero-order valence-corrected chi connectivity index (χ0v) is 22.3. The van der Waals surface area contributed by atoms with Crippen molar-refractivity contribution in [3.8, 4) is 22.9 Å². The van der Waals surface area contributed by atoms with E-state index in [1.165, 1.54) is 11.7 Å². The van der Waals surface area contributed by atoms with Crippen molar-refractivity contribution in [3.63, 3.8) is 0 Å². The number of aromatic nitrogens is 1. The van der Waals surface area contributed by atoms with Gasteiger partial charge in [0.15, 0.2) is 6.23 Å². The van der Waals surface area contributed by atoms with Crippen molar-refractivity contribution in [1.29, 1.82) is 5.26 Å². The second kappa shape index (κ2) is 13.2. The summed E-state index contributed by atoms with van der Waals surface area (Å²) in [5.41, 5.74) is 1.90. The van der Waals surface area contributed by atoms with Gasteiger partial charge in [-0.3, -0.25) is 14.7 Å². The van der Waals surface area contributed by atoms with E-state index in [1.54, 1.807) is 18.2 Å². The van der Waals surface area contributed by atoms with Gasteiger partial charge in [0.1, 0.15) is 17.5 Å². The van der Waals surface area contributed by atoms with Crippen molar-refractivity contribution in [2.24, 2.45) is 0 Å². The summed E-state index contributed by atoms with van der Waals surface area (Å²) in [5.74, 6) is -1.78. The van der Waals surface area contributed by atoms with E-state index < -0.39 is 23.9 Å². The molecule has 1 unspecified atom stereocenters. The second-order valence-corrected chi connectivity index (χ2v) is 9.29. The summed E-state index contributed by atoms with van der Waals surface area (Å²) in [4.78, 5) is 25.1. The van der Waals surface area contributed by atoms with E-state index in [4.69, 9.17) is 9.47 Å². The highest BCUT2D eigenvalue weighted by Crippen LogP contribution is 2.32. The van der Waals surface area contributed by atoms with E-state index >= 15 is 0 Å². The van der Waals surface area contributed by atoms with Crippen LogP contribution in [0.3, 0.4) is 0 Å². The van der Waals surface area contributed by atoms with E-state index in [0.29, 0.717) is 40.5 Å². The predicted octanol–water partition coefficient (Wildman–Crippen LogP) is 5.59. The molecule has 1 aromatic heterocycles. The molecular formula is C31H28F3N3O4. The minimum atomic E-state index is -5.14. The van der Waals surface area contributed by atoms with Crippen molar-refractivity contribution >= 4 is 16.7 Å². The fourth-order valence-corrected chi connectivity index (χ4v) is 4.65. The number of aryl methyl sites for hydroxylation is 1. The monoisotopic (exact) mass is 563 g/mol. The molecule has 0 saturated heterocycles. The Kier molecular flexibility index (Phi) is 9.42. The van der Waals surface area contributed by atoms with E-state index in [-0.39, 0.29) is 25.2 Å². The van der Waals surface area contributed by atoms with Crippen LogP contribution in [0, 0.1) is 11.3 Å². The molecule has 0 aliphatic rings. The molecule has 4 aromatic rings. The van der Waals surface area contributed by atoms with E-state index in [0.717, 1.165) is 5.56 Å². The number of halogens is 3. The maximum absolute atomic E-state index is 13.5. The van der Waals surface area contributed by atoms with Gasteiger partial charge in [-0.2, -0.15) is 18.4 Å². The van der Waals surface area contributed by atoms with Gasteiger partial charge in [0.25, 0.3) is 5.56 Å². The number of pyridine rings is 1. The Bertz CT molecular complexity index is 1600. The van der Waals surface area contributed by atoms with Gasteiger partial charge in [0, 0.05) is 29.4 Å². The molecule has 0 amide bonds. The number of nitrogens with zero attached hydrogens (tertiary/aromatic N) is 2. The molecule has 0 bridgehead atoms. The number of benzene rings is 3. The smallest absolute Gasteiger partial charge is 0.490 e. The molecule has 7 nitrogen and oxygen atoms in total. The predicted molar refractivity (Wildman–Crippen MR) is 148 cm³/mol. The van der Waals surface area contributed by atoms with Gasteiger partial charge in [0.2, 0.25) is 0 Å². The number of ether oxygens (including phenoxy) is 2. The molecule has 1 heterocycles. The van der Waals surface area contributed by atoms with E-state index in [9.17, 15) is 28.0 Å². The molecular weight excluding hydrogens is 535 g/mol. The van der Waals surface area contributed by atoms with E-state index in [2.05, 4.69) is 11.4 Å². The average Bonchev–Trinajstić information content (AvgIpc) is 2.98. The first kappa shape index (κ1) is 29.4. The lowest BCUT2D eigenvalue weighted by Gasteiger charge is -2.21. The molecule has 3 aromatic carbocycles. The first-order valence-electron chi connectivity index (χ1n) is 13.0. The summed E-state index contributed by atoms with van der Waals surface area (Å²) >= 11 is 0. The number of methoxy groups -OCH3 is 1. The Morgan fingerprint density at radius 1 is 1.02 bits per heavy atom. The van der Waals surface area contributed by atoms with Crippen LogP contribution < -0.4 is 15.6 Å². The number of nitriles is 1. The van der Waals surface area contributed by atoms with Crippen LogP contribution in [0.4, 0.5) is 13.2 Å². The van der Waals surface area contributed by atoms with Crippen LogP contribution >= 0.6 is 0 Å². The van der Waals surface area contributed by atoms with Crippen molar-refractivity contribution in [1.82, 2.24) is 9.88 Å². The Hall–Kier alpha value is -4.62. The van der Waals surface area contributed by atoms with Gasteiger partial charge >= 0.3 is 12.1 Å². The minimum Gasteiger partial charge on any atom is -0.497 e. The van der Waals surface area contributed by atoms with Crippen LogP contribution in [-0.2, 0) is 22.5 Å². The summed E-state index contributed by atoms with van der Waals surface area (Å²) in [6.45, 7) is -0.0894. The summed E-state index contributed by atoms with van der Waals surface area (Å²) in [7, 11) is 1.50. The number of fused-ring (bicyclic) bond motifs is 1. The molecule has 1 atom stereocenters. The van der Waals surface area contributed by atoms with Gasteiger partial charge < -0.3 is 9.47 Å². The van der Waals surface area contributed by atoms with Gasteiger partial charge in [-0.05, 0) is 48.6 Å². The highest BCUT2D eigenvalue weighted by atomic mass is 19.4. The van der Waals surface area contributed by atoms with E-state index in [1.807, 2.05) is 60.7 Å². The van der Waals surface area contributed by atoms with Gasteiger partial charge in [0.05, 0.1) is 7.11 Å². The van der Waals surface area contributed by atoms with Crippen molar-refractivity contribution in [3.05, 3.63) is 100 Å². The Balaban J connectivity index is 1.61. The number of nitrogens with one attached hydrogen (secondary N) is 1. The maximum Gasteiger partial charge on any atom is 0.490 e. The third-order valence-corrected chi connectivity index (χ3v) is 6.61. The largest absolute Gasteiger partial charge is 0.497 e. The van der Waals surface area contributed by atoms with Crippen LogP contribution in [0.1, 0.15) is 24.1 Å². The van der Waals surface area contributed by atoms with Crippen LogP contribution in [0.2, 0.25) is 0 Å². The van der Waals surface area contributed by atoms with Crippen molar-refractivity contribution < 1.29 is 27.4 Å². The minimum absolute atomic E-state index is 0.0361. The lowest BCUT2D eigenvalue weighted by molar-refractivity contribution is -0.206. The molecule has 0 spiro atoms. The summed E-state index contributed by atoms with van der Waals surface area (Å²) in [6, 6.07) is 25.6. The number of alkyl halides is 3. The molecule has 0 radical (unpaired) electrons. The lowest BCUT2D eigenvalue weighted by atomic mass is 9.97. The molecule has 10 heteroatoms. The standard InChI is InChI=1S/C31H28F3N3O4/c1-40-23-15-16-24-25(19-23)28(22-12-6-3-7-13-22)26(20-35)37(29(24)38)18-17-36-27(41-30(39)31(32,33)34)14-8-11-21-9-4-2-5-10-21/h2-7,9-10,12-13,15-16,19,27,36H,8,11,14,17-18H2,1H3. The zero-order valence-electron chi connectivity index (χ0n) is 22.3. The number of esters is 1. The Labute approximate surface area is 234 Å². The normalized spacial score (nSPS) is 12.1. The lowest BCUT2D eigenvalue weighted by Crippen LogP contribution is -2.40. The number of carbonyl (C=O) groups excluding carboxylic acids is 1. The fourth-order valence-electron chi connectivity index (χ4n) is 4.65. The van der Waals surface area contributed by atoms with Crippen LogP contribution in [0.15, 0.2) is 83.7 Å². The first-order chi connectivity index (χ1) is 19.7.